The van der Waals surface area contributed by atoms with Crippen LogP contribution in [0.25, 0.3) is 0 Å². The zero-order valence-corrected chi connectivity index (χ0v) is 17.3. The summed E-state index contributed by atoms with van der Waals surface area (Å²) in [5.41, 5.74) is 3.34. The minimum atomic E-state index is -0.233. The van der Waals surface area contributed by atoms with Gasteiger partial charge >= 0.3 is 0 Å². The number of anilines is 1. The predicted octanol–water partition coefficient (Wildman–Crippen LogP) is 3.19. The maximum absolute atomic E-state index is 12.6. The third-order valence-corrected chi connectivity index (χ3v) is 5.02. The molecule has 0 aliphatic carbocycles. The van der Waals surface area contributed by atoms with Gasteiger partial charge < -0.3 is 14.6 Å². The Balaban J connectivity index is 1.80. The SMILES string of the molecule is COc1cn(CC(=O)Nc2cc(C)cc(C)c2)c(CSc2ncccn2)cc1=O. The highest BCUT2D eigenvalue weighted by Gasteiger charge is 2.12. The van der Waals surface area contributed by atoms with E-state index in [0.717, 1.165) is 16.8 Å². The number of nitrogens with one attached hydrogen (secondary N) is 1. The lowest BCUT2D eigenvalue weighted by atomic mass is 10.1. The molecule has 0 aliphatic rings. The van der Waals surface area contributed by atoms with Crippen LogP contribution >= 0.6 is 11.8 Å². The number of aromatic nitrogens is 3. The first-order valence-electron chi connectivity index (χ1n) is 9.00. The van der Waals surface area contributed by atoms with Gasteiger partial charge in [-0.25, -0.2) is 9.97 Å². The molecule has 3 aromatic rings. The van der Waals surface area contributed by atoms with Gasteiger partial charge in [0, 0.05) is 35.6 Å². The van der Waals surface area contributed by atoms with Crippen LogP contribution in [0.3, 0.4) is 0 Å². The van der Waals surface area contributed by atoms with Gasteiger partial charge in [-0.3, -0.25) is 9.59 Å². The summed E-state index contributed by atoms with van der Waals surface area (Å²) in [7, 11) is 1.43. The first kappa shape index (κ1) is 20.6. The molecule has 29 heavy (non-hydrogen) atoms. The van der Waals surface area contributed by atoms with E-state index in [1.54, 1.807) is 29.2 Å². The number of thioether (sulfide) groups is 1. The number of hydrogen-bond acceptors (Lipinski definition) is 6. The van der Waals surface area contributed by atoms with E-state index in [4.69, 9.17) is 4.74 Å². The Morgan fingerprint density at radius 3 is 2.48 bits per heavy atom. The monoisotopic (exact) mass is 410 g/mol. The molecule has 1 amide bonds. The molecule has 0 atom stereocenters. The highest BCUT2D eigenvalue weighted by molar-refractivity contribution is 7.98. The number of hydrogen-bond donors (Lipinski definition) is 1. The Labute approximate surface area is 173 Å². The lowest BCUT2D eigenvalue weighted by Gasteiger charge is -2.15. The number of aryl methyl sites for hydroxylation is 2. The van der Waals surface area contributed by atoms with E-state index in [1.807, 2.05) is 32.0 Å². The molecule has 0 aliphatic heterocycles. The van der Waals surface area contributed by atoms with E-state index in [9.17, 15) is 9.59 Å². The molecule has 1 N–H and O–H groups in total. The molecule has 0 fully saturated rings. The van der Waals surface area contributed by atoms with Crippen LogP contribution in [0.15, 0.2) is 58.9 Å². The second-order valence-corrected chi connectivity index (χ2v) is 7.51. The smallest absolute Gasteiger partial charge is 0.244 e. The molecule has 0 radical (unpaired) electrons. The fraction of sp³-hybridized carbons (Fsp3) is 0.238. The predicted molar refractivity (Wildman–Crippen MR) is 113 cm³/mol. The maximum Gasteiger partial charge on any atom is 0.244 e. The van der Waals surface area contributed by atoms with Crippen molar-refractivity contribution in [3.05, 3.63) is 76.0 Å². The zero-order valence-electron chi connectivity index (χ0n) is 16.5. The third-order valence-electron chi connectivity index (χ3n) is 4.11. The average molecular weight is 410 g/mol. The summed E-state index contributed by atoms with van der Waals surface area (Å²) in [5, 5.41) is 3.51. The van der Waals surface area contributed by atoms with E-state index in [2.05, 4.69) is 15.3 Å². The van der Waals surface area contributed by atoms with Crippen LogP contribution in [-0.4, -0.2) is 27.6 Å². The second-order valence-electron chi connectivity index (χ2n) is 6.57. The third kappa shape index (κ3) is 5.68. The van der Waals surface area contributed by atoms with Gasteiger partial charge in [-0.05, 0) is 43.2 Å². The molecule has 0 saturated carbocycles. The average Bonchev–Trinajstić information content (AvgIpc) is 2.67. The minimum absolute atomic E-state index is 0.0508. The van der Waals surface area contributed by atoms with Crippen molar-refractivity contribution in [1.29, 1.82) is 0 Å². The maximum atomic E-state index is 12.6. The Bertz CT molecular complexity index is 1050. The van der Waals surface area contributed by atoms with E-state index < -0.39 is 0 Å². The summed E-state index contributed by atoms with van der Waals surface area (Å²) in [4.78, 5) is 33.2. The van der Waals surface area contributed by atoms with Crippen LogP contribution in [0.1, 0.15) is 16.8 Å². The van der Waals surface area contributed by atoms with Gasteiger partial charge in [-0.2, -0.15) is 0 Å². The molecule has 2 heterocycles. The number of methoxy groups -OCH3 is 1. The summed E-state index contributed by atoms with van der Waals surface area (Å²) in [6.45, 7) is 4.02. The van der Waals surface area contributed by atoms with Crippen LogP contribution < -0.4 is 15.5 Å². The van der Waals surface area contributed by atoms with E-state index in [1.165, 1.54) is 24.9 Å². The van der Waals surface area contributed by atoms with Crippen LogP contribution in [-0.2, 0) is 17.1 Å². The van der Waals surface area contributed by atoms with E-state index >= 15 is 0 Å². The number of rotatable bonds is 7. The van der Waals surface area contributed by atoms with Gasteiger partial charge in [-0.15, -0.1) is 0 Å². The molecule has 0 spiro atoms. The fourth-order valence-electron chi connectivity index (χ4n) is 2.92. The first-order valence-corrected chi connectivity index (χ1v) is 9.98. The normalized spacial score (nSPS) is 10.6. The molecule has 2 aromatic heterocycles. The van der Waals surface area contributed by atoms with Crippen molar-refractivity contribution in [1.82, 2.24) is 14.5 Å². The van der Waals surface area contributed by atoms with E-state index in [-0.39, 0.29) is 23.6 Å². The first-order chi connectivity index (χ1) is 13.9. The number of carbonyl (C=O) groups is 1. The molecule has 8 heteroatoms. The highest BCUT2D eigenvalue weighted by atomic mass is 32.2. The molecule has 7 nitrogen and oxygen atoms in total. The van der Waals surface area contributed by atoms with Crippen molar-refractivity contribution in [2.24, 2.45) is 0 Å². The number of amides is 1. The summed E-state index contributed by atoms with van der Waals surface area (Å²) in [6, 6.07) is 9.10. The van der Waals surface area contributed by atoms with E-state index in [0.29, 0.717) is 16.6 Å². The van der Waals surface area contributed by atoms with Crippen molar-refractivity contribution >= 4 is 23.4 Å². The van der Waals surface area contributed by atoms with Gasteiger partial charge in [-0.1, -0.05) is 17.8 Å². The Morgan fingerprint density at radius 1 is 1.14 bits per heavy atom. The number of benzene rings is 1. The number of carbonyl (C=O) groups excluding carboxylic acids is 1. The highest BCUT2D eigenvalue weighted by Crippen LogP contribution is 2.19. The molecule has 1 aromatic carbocycles. The summed E-state index contributed by atoms with van der Waals surface area (Å²) in [6.07, 6.45) is 4.88. The van der Waals surface area contributed by atoms with Crippen molar-refractivity contribution in [3.8, 4) is 5.75 Å². The topological polar surface area (TPSA) is 86.1 Å². The molecule has 3 rings (SSSR count). The summed E-state index contributed by atoms with van der Waals surface area (Å²) in [5.74, 6) is 0.442. The van der Waals surface area contributed by atoms with Gasteiger partial charge in [0.15, 0.2) is 10.9 Å². The van der Waals surface area contributed by atoms with Crippen molar-refractivity contribution < 1.29 is 9.53 Å². The molecule has 150 valence electrons. The zero-order chi connectivity index (χ0) is 20.8. The van der Waals surface area contributed by atoms with Gasteiger partial charge in [0.05, 0.1) is 13.3 Å². The van der Waals surface area contributed by atoms with Crippen LogP contribution in [0.5, 0.6) is 5.75 Å². The number of pyridine rings is 1. The van der Waals surface area contributed by atoms with Crippen LogP contribution in [0.4, 0.5) is 5.69 Å². The summed E-state index contributed by atoms with van der Waals surface area (Å²) < 4.78 is 6.85. The van der Waals surface area contributed by atoms with Crippen LogP contribution in [0, 0.1) is 13.8 Å². The standard InChI is InChI=1S/C21H22N4O3S/c1-14-7-15(2)9-16(8-14)24-20(27)12-25-11-19(28-3)18(26)10-17(25)13-29-21-22-5-4-6-23-21/h4-11H,12-13H2,1-3H3,(H,24,27). The Hall–Kier alpha value is -3.13. The lowest BCUT2D eigenvalue weighted by Crippen LogP contribution is -2.23. The lowest BCUT2D eigenvalue weighted by molar-refractivity contribution is -0.116. The molecular weight excluding hydrogens is 388 g/mol. The minimum Gasteiger partial charge on any atom is -0.491 e. The van der Waals surface area contributed by atoms with Crippen molar-refractivity contribution in [2.45, 2.75) is 31.3 Å². The number of nitrogens with zero attached hydrogens (tertiary/aromatic N) is 3. The largest absolute Gasteiger partial charge is 0.491 e. The van der Waals surface area contributed by atoms with Gasteiger partial charge in [0.2, 0.25) is 11.3 Å². The van der Waals surface area contributed by atoms with Gasteiger partial charge in [0.1, 0.15) is 6.54 Å². The molecular formula is C21H22N4O3S. The van der Waals surface area contributed by atoms with Crippen molar-refractivity contribution in [2.75, 3.05) is 12.4 Å². The summed E-state index contributed by atoms with van der Waals surface area (Å²) >= 11 is 1.39. The molecule has 0 saturated heterocycles. The Kier molecular flexibility index (Phi) is 6.66. The molecule has 0 bridgehead atoms. The molecule has 0 unspecified atom stereocenters. The van der Waals surface area contributed by atoms with Crippen LogP contribution in [0.2, 0.25) is 0 Å². The van der Waals surface area contributed by atoms with Gasteiger partial charge in [0.25, 0.3) is 0 Å². The second kappa shape index (κ2) is 9.38. The number of ether oxygens (including phenoxy) is 1. The Morgan fingerprint density at radius 2 is 1.83 bits per heavy atom. The fourth-order valence-corrected chi connectivity index (χ4v) is 3.72. The quantitative estimate of drug-likeness (QED) is 0.476. The van der Waals surface area contributed by atoms with Crippen molar-refractivity contribution in [3.63, 3.8) is 0 Å².